The summed E-state index contributed by atoms with van der Waals surface area (Å²) in [5.41, 5.74) is 3.03. The van der Waals surface area contributed by atoms with E-state index in [1.165, 1.54) is 5.56 Å². The first-order valence-corrected chi connectivity index (χ1v) is 8.82. The Labute approximate surface area is 153 Å². The van der Waals surface area contributed by atoms with Crippen molar-refractivity contribution in [3.8, 4) is 0 Å². The van der Waals surface area contributed by atoms with Crippen LogP contribution in [-0.2, 0) is 4.79 Å². The third-order valence-corrected chi connectivity index (χ3v) is 4.66. The number of benzene rings is 2. The molecular weight excluding hydrogens is 328 g/mol. The fraction of sp³-hybridized carbons (Fsp3) is 0.286. The minimum absolute atomic E-state index is 0.0784. The molecule has 3 rings (SSSR count). The van der Waals surface area contributed by atoms with Crippen molar-refractivity contribution in [1.29, 1.82) is 0 Å². The topological polar surface area (TPSA) is 66.5 Å². The van der Waals surface area contributed by atoms with Gasteiger partial charge < -0.3 is 5.32 Å². The average Bonchev–Trinajstić information content (AvgIpc) is 2.90. The molecule has 1 aliphatic heterocycles. The second-order valence-electron chi connectivity index (χ2n) is 6.50. The zero-order valence-electron chi connectivity index (χ0n) is 15.0. The average molecular weight is 350 g/mol. The Kier molecular flexibility index (Phi) is 5.16. The lowest BCUT2D eigenvalue weighted by molar-refractivity contribution is -0.121. The van der Waals surface area contributed by atoms with Gasteiger partial charge in [0, 0.05) is 13.0 Å². The third-order valence-electron chi connectivity index (χ3n) is 4.66. The van der Waals surface area contributed by atoms with Crippen LogP contribution in [0.1, 0.15) is 57.7 Å². The maximum atomic E-state index is 12.3. The lowest BCUT2D eigenvalue weighted by atomic mass is 10.0. The van der Waals surface area contributed by atoms with Gasteiger partial charge in [-0.3, -0.25) is 19.3 Å². The number of nitrogens with one attached hydrogen (secondary N) is 1. The first kappa shape index (κ1) is 17.9. The van der Waals surface area contributed by atoms with Crippen molar-refractivity contribution in [1.82, 2.24) is 10.2 Å². The zero-order valence-corrected chi connectivity index (χ0v) is 15.0. The number of aryl methyl sites for hydroxylation is 1. The lowest BCUT2D eigenvalue weighted by Gasteiger charge is -2.19. The molecule has 0 saturated carbocycles. The van der Waals surface area contributed by atoms with Gasteiger partial charge in [-0.2, -0.15) is 0 Å². The van der Waals surface area contributed by atoms with Crippen molar-refractivity contribution < 1.29 is 14.4 Å². The number of carbonyl (C=O) groups is 3. The first-order valence-electron chi connectivity index (χ1n) is 8.82. The molecule has 0 radical (unpaired) electrons. The van der Waals surface area contributed by atoms with Crippen LogP contribution in [0.15, 0.2) is 48.5 Å². The highest BCUT2D eigenvalue weighted by Crippen LogP contribution is 2.22. The molecule has 0 bridgehead atoms. The largest absolute Gasteiger partial charge is 0.349 e. The van der Waals surface area contributed by atoms with Gasteiger partial charge in [0.25, 0.3) is 11.8 Å². The summed E-state index contributed by atoms with van der Waals surface area (Å²) in [5.74, 6) is -0.832. The summed E-state index contributed by atoms with van der Waals surface area (Å²) in [6.45, 7) is 4.11. The van der Waals surface area contributed by atoms with Crippen molar-refractivity contribution in [2.45, 2.75) is 32.7 Å². The Hall–Kier alpha value is -2.95. The zero-order chi connectivity index (χ0) is 18.7. The van der Waals surface area contributed by atoms with E-state index >= 15 is 0 Å². The van der Waals surface area contributed by atoms with Crippen molar-refractivity contribution in [2.75, 3.05) is 6.54 Å². The van der Waals surface area contributed by atoms with Crippen molar-refractivity contribution in [3.05, 3.63) is 70.8 Å². The maximum absolute atomic E-state index is 12.3. The van der Waals surface area contributed by atoms with Crippen molar-refractivity contribution >= 4 is 17.7 Å². The number of imide groups is 1. The second-order valence-corrected chi connectivity index (χ2v) is 6.50. The van der Waals surface area contributed by atoms with Crippen molar-refractivity contribution in [2.24, 2.45) is 0 Å². The summed E-state index contributed by atoms with van der Waals surface area (Å²) in [4.78, 5) is 38.1. The van der Waals surface area contributed by atoms with E-state index in [0.29, 0.717) is 11.1 Å². The molecule has 0 spiro atoms. The van der Waals surface area contributed by atoms with Crippen LogP contribution in [-0.4, -0.2) is 29.2 Å². The van der Waals surface area contributed by atoms with E-state index in [9.17, 15) is 14.4 Å². The van der Waals surface area contributed by atoms with Gasteiger partial charge in [0.2, 0.25) is 5.91 Å². The number of hydrogen-bond acceptors (Lipinski definition) is 3. The fourth-order valence-electron chi connectivity index (χ4n) is 3.14. The predicted molar refractivity (Wildman–Crippen MR) is 98.8 cm³/mol. The highest BCUT2D eigenvalue weighted by Gasteiger charge is 2.35. The van der Waals surface area contributed by atoms with E-state index in [2.05, 4.69) is 5.32 Å². The first-order chi connectivity index (χ1) is 12.5. The number of rotatable bonds is 6. The molecule has 1 atom stereocenters. The summed E-state index contributed by atoms with van der Waals surface area (Å²) in [6, 6.07) is 14.7. The monoisotopic (exact) mass is 350 g/mol. The third kappa shape index (κ3) is 3.52. The van der Waals surface area contributed by atoms with Gasteiger partial charge >= 0.3 is 0 Å². The molecule has 3 amide bonds. The Morgan fingerprint density at radius 3 is 2.12 bits per heavy atom. The molecule has 2 aromatic carbocycles. The van der Waals surface area contributed by atoms with E-state index in [1.54, 1.807) is 24.3 Å². The number of nitrogens with zero attached hydrogens (tertiary/aromatic N) is 1. The molecule has 5 heteroatoms. The standard InChI is InChI=1S/C21H22N2O3/c1-3-18(15-10-8-14(2)9-11-15)22-19(24)12-13-23-20(25)16-6-4-5-7-17(16)21(23)26/h4-11,18H,3,12-13H2,1-2H3,(H,22,24)/t18-/m0/s1. The van der Waals surface area contributed by atoms with Gasteiger partial charge in [0.1, 0.15) is 0 Å². The van der Waals surface area contributed by atoms with Crippen LogP contribution in [0.3, 0.4) is 0 Å². The Bertz CT molecular complexity index is 808. The van der Waals surface area contributed by atoms with Crippen LogP contribution in [0, 0.1) is 6.92 Å². The molecule has 1 heterocycles. The molecule has 134 valence electrons. The summed E-state index contributed by atoms with van der Waals surface area (Å²) >= 11 is 0. The molecule has 5 nitrogen and oxygen atoms in total. The Balaban J connectivity index is 1.60. The van der Waals surface area contributed by atoms with Crippen LogP contribution >= 0.6 is 0 Å². The molecule has 0 aliphatic carbocycles. The Morgan fingerprint density at radius 2 is 1.58 bits per heavy atom. The van der Waals surface area contributed by atoms with Gasteiger partial charge in [-0.25, -0.2) is 0 Å². The van der Waals surface area contributed by atoms with Crippen LogP contribution in [0.2, 0.25) is 0 Å². The fourth-order valence-corrected chi connectivity index (χ4v) is 3.14. The molecule has 0 saturated heterocycles. The Morgan fingerprint density at radius 1 is 1.00 bits per heavy atom. The van der Waals surface area contributed by atoms with E-state index < -0.39 is 0 Å². The molecule has 0 aromatic heterocycles. The minimum atomic E-state index is -0.330. The number of carbonyl (C=O) groups excluding carboxylic acids is 3. The minimum Gasteiger partial charge on any atom is -0.349 e. The molecule has 0 unspecified atom stereocenters. The normalized spacial score (nSPS) is 14.3. The smallest absolute Gasteiger partial charge is 0.261 e. The molecule has 0 fully saturated rings. The summed E-state index contributed by atoms with van der Waals surface area (Å²) in [7, 11) is 0. The highest BCUT2D eigenvalue weighted by molar-refractivity contribution is 6.21. The maximum Gasteiger partial charge on any atom is 0.261 e. The molecule has 1 aliphatic rings. The predicted octanol–water partition coefficient (Wildman–Crippen LogP) is 3.25. The molecular formula is C21H22N2O3. The lowest BCUT2D eigenvalue weighted by Crippen LogP contribution is -2.35. The number of fused-ring (bicyclic) bond motifs is 1. The van der Waals surface area contributed by atoms with Crippen LogP contribution in [0.5, 0.6) is 0 Å². The summed E-state index contributed by atoms with van der Waals surface area (Å²) in [6.07, 6.45) is 0.857. The highest BCUT2D eigenvalue weighted by atomic mass is 16.2. The van der Waals surface area contributed by atoms with E-state index in [1.807, 2.05) is 38.1 Å². The van der Waals surface area contributed by atoms with Gasteiger partial charge in [-0.15, -0.1) is 0 Å². The van der Waals surface area contributed by atoms with E-state index in [-0.39, 0.29) is 36.7 Å². The van der Waals surface area contributed by atoms with Crippen LogP contribution < -0.4 is 5.32 Å². The van der Waals surface area contributed by atoms with Crippen LogP contribution in [0.25, 0.3) is 0 Å². The van der Waals surface area contributed by atoms with Crippen LogP contribution in [0.4, 0.5) is 0 Å². The number of hydrogen-bond donors (Lipinski definition) is 1. The molecule has 1 N–H and O–H groups in total. The molecule has 26 heavy (non-hydrogen) atoms. The summed E-state index contributed by atoms with van der Waals surface area (Å²) < 4.78 is 0. The molecule has 2 aromatic rings. The summed E-state index contributed by atoms with van der Waals surface area (Å²) in [5, 5.41) is 2.99. The quantitative estimate of drug-likeness (QED) is 0.813. The van der Waals surface area contributed by atoms with Gasteiger partial charge in [-0.1, -0.05) is 48.9 Å². The second kappa shape index (κ2) is 7.52. The van der Waals surface area contributed by atoms with E-state index in [4.69, 9.17) is 0 Å². The number of amides is 3. The van der Waals surface area contributed by atoms with E-state index in [0.717, 1.165) is 16.9 Å². The van der Waals surface area contributed by atoms with Gasteiger partial charge in [-0.05, 0) is 31.0 Å². The van der Waals surface area contributed by atoms with Gasteiger partial charge in [0.15, 0.2) is 0 Å². The SMILES string of the molecule is CC[C@H](NC(=O)CCN1C(=O)c2ccccc2C1=O)c1ccc(C)cc1. The van der Waals surface area contributed by atoms with Gasteiger partial charge in [0.05, 0.1) is 17.2 Å². The van der Waals surface area contributed by atoms with Crippen molar-refractivity contribution in [3.63, 3.8) is 0 Å².